The number of hydrogen-bond donors (Lipinski definition) is 4. The lowest BCUT2D eigenvalue weighted by molar-refractivity contribution is 0.252. The summed E-state index contributed by atoms with van der Waals surface area (Å²) >= 11 is 5.99. The van der Waals surface area contributed by atoms with E-state index in [0.717, 1.165) is 0 Å². The van der Waals surface area contributed by atoms with E-state index in [1.54, 1.807) is 42.6 Å². The third-order valence-corrected chi connectivity index (χ3v) is 3.75. The van der Waals surface area contributed by atoms with Gasteiger partial charge in [-0.2, -0.15) is 0 Å². The first-order chi connectivity index (χ1) is 13.2. The second kappa shape index (κ2) is 9.35. The highest BCUT2D eigenvalue weighted by Gasteiger charge is 2.04. The summed E-state index contributed by atoms with van der Waals surface area (Å²) in [5, 5.41) is 20.2. The maximum Gasteiger partial charge on any atom is 0.319 e. The van der Waals surface area contributed by atoms with E-state index in [1.165, 1.54) is 0 Å². The molecule has 2 heterocycles. The number of halogens is 1. The lowest BCUT2D eigenvalue weighted by Gasteiger charge is -2.10. The predicted octanol–water partition coefficient (Wildman–Crippen LogP) is 3.50. The zero-order valence-corrected chi connectivity index (χ0v) is 15.1. The first-order valence-corrected chi connectivity index (χ1v) is 8.63. The molecule has 0 atom stereocenters. The summed E-state index contributed by atoms with van der Waals surface area (Å²) in [4.78, 5) is 16.0. The molecule has 0 bridgehead atoms. The van der Waals surface area contributed by atoms with Crippen molar-refractivity contribution in [3.63, 3.8) is 0 Å². The molecular formula is C18H18ClN7O. The van der Waals surface area contributed by atoms with Crippen LogP contribution in [0.25, 0.3) is 0 Å². The molecule has 3 aromatic rings. The average molecular weight is 384 g/mol. The Bertz CT molecular complexity index is 874. The lowest BCUT2D eigenvalue weighted by Crippen LogP contribution is -2.32. The van der Waals surface area contributed by atoms with Gasteiger partial charge < -0.3 is 21.3 Å². The van der Waals surface area contributed by atoms with Gasteiger partial charge in [0.2, 0.25) is 0 Å². The van der Waals surface area contributed by atoms with Gasteiger partial charge in [-0.3, -0.25) is 0 Å². The van der Waals surface area contributed by atoms with E-state index in [2.05, 4.69) is 36.4 Å². The van der Waals surface area contributed by atoms with Crippen LogP contribution in [0.2, 0.25) is 5.02 Å². The Hall–Kier alpha value is -3.39. The molecule has 1 aromatic carbocycles. The van der Waals surface area contributed by atoms with Crippen LogP contribution in [0.15, 0.2) is 60.8 Å². The van der Waals surface area contributed by atoms with Crippen molar-refractivity contribution in [1.29, 1.82) is 0 Å². The molecule has 2 aromatic heterocycles. The fraction of sp³-hybridized carbons (Fsp3) is 0.111. The first kappa shape index (κ1) is 18.4. The summed E-state index contributed by atoms with van der Waals surface area (Å²) < 4.78 is 0. The third-order valence-electron chi connectivity index (χ3n) is 3.42. The Morgan fingerprint density at radius 3 is 2.41 bits per heavy atom. The maximum atomic E-state index is 11.8. The molecule has 4 N–H and O–H groups in total. The Labute approximate surface area is 161 Å². The van der Waals surface area contributed by atoms with Crippen molar-refractivity contribution in [2.24, 2.45) is 0 Å². The highest BCUT2D eigenvalue weighted by atomic mass is 35.5. The van der Waals surface area contributed by atoms with Crippen molar-refractivity contribution in [1.82, 2.24) is 20.5 Å². The highest BCUT2D eigenvalue weighted by molar-refractivity contribution is 6.33. The Kier molecular flexibility index (Phi) is 6.37. The van der Waals surface area contributed by atoms with E-state index in [1.807, 2.05) is 18.2 Å². The van der Waals surface area contributed by atoms with Crippen LogP contribution in [0.1, 0.15) is 0 Å². The van der Waals surface area contributed by atoms with Gasteiger partial charge in [0, 0.05) is 19.3 Å². The SMILES string of the molecule is O=C(NCCNc1ccc(Nc2ccccn2)nn1)Nc1ccccc1Cl. The second-order valence-corrected chi connectivity index (χ2v) is 5.84. The summed E-state index contributed by atoms with van der Waals surface area (Å²) in [7, 11) is 0. The van der Waals surface area contributed by atoms with Crippen LogP contribution in [0.5, 0.6) is 0 Å². The lowest BCUT2D eigenvalue weighted by atomic mass is 10.3. The van der Waals surface area contributed by atoms with Gasteiger partial charge in [0.15, 0.2) is 5.82 Å². The predicted molar refractivity (Wildman–Crippen MR) is 107 cm³/mol. The average Bonchev–Trinajstić information content (AvgIpc) is 2.69. The molecule has 138 valence electrons. The number of anilines is 4. The standard InChI is InChI=1S/C18H18ClN7O/c19-13-5-1-2-6-14(13)23-18(27)22-12-11-21-16-8-9-17(26-25-16)24-15-7-3-4-10-20-15/h1-10H,11-12H2,(H,21,25)(H,20,24,26)(H2,22,23,27). The molecule has 3 rings (SSSR count). The van der Waals surface area contributed by atoms with E-state index in [0.29, 0.717) is 41.3 Å². The van der Waals surface area contributed by atoms with Gasteiger partial charge in [0.25, 0.3) is 0 Å². The summed E-state index contributed by atoms with van der Waals surface area (Å²) in [6.45, 7) is 0.906. The fourth-order valence-corrected chi connectivity index (χ4v) is 2.34. The van der Waals surface area contributed by atoms with E-state index in [-0.39, 0.29) is 6.03 Å². The zero-order chi connectivity index (χ0) is 18.9. The van der Waals surface area contributed by atoms with Crippen LogP contribution in [0.4, 0.5) is 27.9 Å². The van der Waals surface area contributed by atoms with Crippen molar-refractivity contribution in [2.45, 2.75) is 0 Å². The van der Waals surface area contributed by atoms with Gasteiger partial charge in [0.1, 0.15) is 11.6 Å². The number of nitrogens with one attached hydrogen (secondary N) is 4. The number of rotatable bonds is 7. The molecule has 0 saturated carbocycles. The minimum absolute atomic E-state index is 0.328. The van der Waals surface area contributed by atoms with Crippen molar-refractivity contribution in [3.8, 4) is 0 Å². The number of hydrogen-bond acceptors (Lipinski definition) is 6. The van der Waals surface area contributed by atoms with Gasteiger partial charge in [-0.25, -0.2) is 9.78 Å². The summed E-state index contributed by atoms with van der Waals surface area (Å²) in [5.74, 6) is 1.90. The molecule has 0 unspecified atom stereocenters. The van der Waals surface area contributed by atoms with Crippen LogP contribution in [-0.4, -0.2) is 34.3 Å². The molecule has 0 aliphatic heterocycles. The summed E-state index contributed by atoms with van der Waals surface area (Å²) in [6.07, 6.45) is 1.70. The molecule has 0 fully saturated rings. The van der Waals surface area contributed by atoms with E-state index < -0.39 is 0 Å². The Morgan fingerprint density at radius 2 is 1.67 bits per heavy atom. The Balaban J connectivity index is 1.39. The monoisotopic (exact) mass is 383 g/mol. The first-order valence-electron chi connectivity index (χ1n) is 8.26. The highest BCUT2D eigenvalue weighted by Crippen LogP contribution is 2.20. The largest absolute Gasteiger partial charge is 0.367 e. The fourth-order valence-electron chi connectivity index (χ4n) is 2.16. The number of para-hydroxylation sites is 1. The van der Waals surface area contributed by atoms with Gasteiger partial charge >= 0.3 is 6.03 Å². The smallest absolute Gasteiger partial charge is 0.319 e. The number of benzene rings is 1. The molecule has 8 nitrogen and oxygen atoms in total. The molecule has 9 heteroatoms. The molecule has 0 radical (unpaired) electrons. The van der Waals surface area contributed by atoms with Crippen LogP contribution in [-0.2, 0) is 0 Å². The topological polar surface area (TPSA) is 104 Å². The van der Waals surface area contributed by atoms with Crippen LogP contribution in [0, 0.1) is 0 Å². The maximum absolute atomic E-state index is 11.8. The minimum atomic E-state index is -0.328. The van der Waals surface area contributed by atoms with Crippen molar-refractivity contribution < 1.29 is 4.79 Å². The van der Waals surface area contributed by atoms with E-state index in [9.17, 15) is 4.79 Å². The second-order valence-electron chi connectivity index (χ2n) is 5.43. The minimum Gasteiger partial charge on any atom is -0.367 e. The van der Waals surface area contributed by atoms with Crippen LogP contribution in [0.3, 0.4) is 0 Å². The van der Waals surface area contributed by atoms with Crippen LogP contribution < -0.4 is 21.3 Å². The summed E-state index contributed by atoms with van der Waals surface area (Å²) in [5.41, 5.74) is 0.562. The number of aromatic nitrogens is 3. The molecule has 0 saturated heterocycles. The van der Waals surface area contributed by atoms with Crippen molar-refractivity contribution in [3.05, 3.63) is 65.8 Å². The normalized spacial score (nSPS) is 10.1. The molecule has 0 spiro atoms. The van der Waals surface area contributed by atoms with Gasteiger partial charge in [0.05, 0.1) is 10.7 Å². The summed E-state index contributed by atoms with van der Waals surface area (Å²) in [6, 6.07) is 15.9. The number of amides is 2. The number of nitrogens with zero attached hydrogens (tertiary/aromatic N) is 3. The molecule has 27 heavy (non-hydrogen) atoms. The Morgan fingerprint density at radius 1 is 0.889 bits per heavy atom. The quantitative estimate of drug-likeness (QED) is 0.465. The van der Waals surface area contributed by atoms with Crippen LogP contribution >= 0.6 is 11.6 Å². The van der Waals surface area contributed by atoms with E-state index in [4.69, 9.17) is 11.6 Å². The number of pyridine rings is 1. The molecule has 2 amide bonds. The molecule has 0 aliphatic carbocycles. The van der Waals surface area contributed by atoms with Gasteiger partial charge in [-0.05, 0) is 36.4 Å². The van der Waals surface area contributed by atoms with E-state index >= 15 is 0 Å². The van der Waals surface area contributed by atoms with Gasteiger partial charge in [-0.15, -0.1) is 10.2 Å². The van der Waals surface area contributed by atoms with Gasteiger partial charge in [-0.1, -0.05) is 29.8 Å². The number of carbonyl (C=O) groups is 1. The van der Waals surface area contributed by atoms with Crippen molar-refractivity contribution in [2.75, 3.05) is 29.0 Å². The molecule has 0 aliphatic rings. The molecular weight excluding hydrogens is 366 g/mol. The zero-order valence-electron chi connectivity index (χ0n) is 14.3. The number of carbonyl (C=O) groups excluding carboxylic acids is 1. The third kappa shape index (κ3) is 5.82. The number of urea groups is 1. The van der Waals surface area contributed by atoms with Crippen molar-refractivity contribution >= 4 is 40.8 Å².